The van der Waals surface area contributed by atoms with E-state index in [9.17, 15) is 0 Å². The van der Waals surface area contributed by atoms with Crippen molar-refractivity contribution in [2.24, 2.45) is 5.92 Å². The second kappa shape index (κ2) is 6.70. The molecule has 1 unspecified atom stereocenters. The van der Waals surface area contributed by atoms with Gasteiger partial charge in [0.1, 0.15) is 0 Å². The fraction of sp³-hybridized carbons (Fsp3) is 1.00. The van der Waals surface area contributed by atoms with Crippen LogP contribution in [0.5, 0.6) is 0 Å². The lowest BCUT2D eigenvalue weighted by atomic mass is 10.0. The Bertz CT molecular complexity index is 48.9. The zero-order valence-electron chi connectivity index (χ0n) is 5.87. The van der Waals surface area contributed by atoms with Crippen molar-refractivity contribution in [1.29, 1.82) is 0 Å². The Hall–Kier alpha value is 0.580. The van der Waals surface area contributed by atoms with Crippen LogP contribution >= 0.6 is 23.2 Å². The lowest BCUT2D eigenvalue weighted by Gasteiger charge is -2.08. The fourth-order valence-corrected chi connectivity index (χ4v) is 1.48. The summed E-state index contributed by atoms with van der Waals surface area (Å²) >= 11 is 11.2. The quantitative estimate of drug-likeness (QED) is 0.554. The Morgan fingerprint density at radius 2 is 1.89 bits per heavy atom. The van der Waals surface area contributed by atoms with E-state index in [4.69, 9.17) is 23.2 Å². The minimum absolute atomic E-state index is 0.647. The predicted molar refractivity (Wildman–Crippen MR) is 44.5 cm³/mol. The minimum atomic E-state index is 0.647. The summed E-state index contributed by atoms with van der Waals surface area (Å²) in [5, 5.41) is 0. The average molecular weight is 169 g/mol. The Morgan fingerprint density at radius 1 is 1.22 bits per heavy atom. The van der Waals surface area contributed by atoms with E-state index in [1.165, 1.54) is 12.8 Å². The lowest BCUT2D eigenvalue weighted by Crippen LogP contribution is -2.01. The van der Waals surface area contributed by atoms with Crippen molar-refractivity contribution in [2.45, 2.75) is 26.2 Å². The SMILES string of the molecule is CCCC(CCl)CCCl. The van der Waals surface area contributed by atoms with Crippen LogP contribution in [0.15, 0.2) is 0 Å². The standard InChI is InChI=1S/C7H14Cl2/c1-2-3-7(6-9)4-5-8/h7H,2-6H2,1H3. The smallest absolute Gasteiger partial charge is 0.0252 e. The lowest BCUT2D eigenvalue weighted by molar-refractivity contribution is 0.517. The highest BCUT2D eigenvalue weighted by molar-refractivity contribution is 6.18. The highest BCUT2D eigenvalue weighted by Gasteiger charge is 2.03. The molecule has 0 rings (SSSR count). The van der Waals surface area contributed by atoms with Crippen molar-refractivity contribution in [3.05, 3.63) is 0 Å². The summed E-state index contributed by atoms with van der Waals surface area (Å²) in [4.78, 5) is 0. The first kappa shape index (κ1) is 9.58. The molecule has 0 aliphatic heterocycles. The molecule has 1 atom stereocenters. The number of halogens is 2. The molecular formula is C7H14Cl2. The average Bonchev–Trinajstić information content (AvgIpc) is 1.88. The van der Waals surface area contributed by atoms with E-state index >= 15 is 0 Å². The molecule has 56 valence electrons. The van der Waals surface area contributed by atoms with Crippen LogP contribution in [0.2, 0.25) is 0 Å². The molecule has 2 heteroatoms. The third-order valence-corrected chi connectivity index (χ3v) is 2.09. The molecule has 9 heavy (non-hydrogen) atoms. The molecule has 0 aromatic rings. The fourth-order valence-electron chi connectivity index (χ4n) is 0.861. The summed E-state index contributed by atoms with van der Waals surface area (Å²) in [5.41, 5.74) is 0. The zero-order chi connectivity index (χ0) is 7.11. The number of alkyl halides is 2. The monoisotopic (exact) mass is 168 g/mol. The predicted octanol–water partition coefficient (Wildman–Crippen LogP) is 3.27. The second-order valence-electron chi connectivity index (χ2n) is 2.29. The third kappa shape index (κ3) is 5.05. The Kier molecular flexibility index (Phi) is 7.13. The number of hydrogen-bond acceptors (Lipinski definition) is 0. The maximum Gasteiger partial charge on any atom is 0.0252 e. The maximum absolute atomic E-state index is 5.67. The van der Waals surface area contributed by atoms with Crippen LogP contribution in [0.3, 0.4) is 0 Å². The molecule has 0 N–H and O–H groups in total. The van der Waals surface area contributed by atoms with Crippen LogP contribution < -0.4 is 0 Å². The molecule has 0 spiro atoms. The van der Waals surface area contributed by atoms with E-state index in [-0.39, 0.29) is 0 Å². The number of hydrogen-bond donors (Lipinski definition) is 0. The molecule has 0 saturated carbocycles. The van der Waals surface area contributed by atoms with Crippen LogP contribution in [-0.4, -0.2) is 11.8 Å². The maximum atomic E-state index is 5.67. The summed E-state index contributed by atoms with van der Waals surface area (Å²) < 4.78 is 0. The van der Waals surface area contributed by atoms with Gasteiger partial charge in [-0.15, -0.1) is 23.2 Å². The van der Waals surface area contributed by atoms with Gasteiger partial charge in [-0.25, -0.2) is 0 Å². The van der Waals surface area contributed by atoms with Crippen LogP contribution in [0.4, 0.5) is 0 Å². The van der Waals surface area contributed by atoms with Gasteiger partial charge >= 0.3 is 0 Å². The zero-order valence-corrected chi connectivity index (χ0v) is 7.38. The summed E-state index contributed by atoms with van der Waals surface area (Å²) in [6.45, 7) is 2.17. The van der Waals surface area contributed by atoms with E-state index in [1.54, 1.807) is 0 Å². The van der Waals surface area contributed by atoms with E-state index in [1.807, 2.05) is 0 Å². The van der Waals surface area contributed by atoms with E-state index in [0.717, 1.165) is 18.2 Å². The summed E-state index contributed by atoms with van der Waals surface area (Å²) in [7, 11) is 0. The van der Waals surface area contributed by atoms with Gasteiger partial charge in [0.2, 0.25) is 0 Å². The van der Waals surface area contributed by atoms with E-state index in [2.05, 4.69) is 6.92 Å². The van der Waals surface area contributed by atoms with Crippen LogP contribution in [0.1, 0.15) is 26.2 Å². The molecule has 0 amide bonds. The van der Waals surface area contributed by atoms with Gasteiger partial charge in [-0.3, -0.25) is 0 Å². The molecule has 0 aromatic carbocycles. The van der Waals surface area contributed by atoms with Crippen LogP contribution in [-0.2, 0) is 0 Å². The Morgan fingerprint density at radius 3 is 2.22 bits per heavy atom. The van der Waals surface area contributed by atoms with Gasteiger partial charge < -0.3 is 0 Å². The molecule has 0 radical (unpaired) electrons. The van der Waals surface area contributed by atoms with E-state index in [0.29, 0.717) is 5.92 Å². The largest absolute Gasteiger partial charge is 0.127 e. The van der Waals surface area contributed by atoms with Crippen molar-refractivity contribution in [2.75, 3.05) is 11.8 Å². The van der Waals surface area contributed by atoms with Crippen LogP contribution in [0, 0.1) is 5.92 Å². The molecule has 0 fully saturated rings. The molecule has 0 nitrogen and oxygen atoms in total. The van der Waals surface area contributed by atoms with Gasteiger partial charge in [-0.2, -0.15) is 0 Å². The van der Waals surface area contributed by atoms with Crippen molar-refractivity contribution < 1.29 is 0 Å². The first-order chi connectivity index (χ1) is 4.35. The summed E-state index contributed by atoms with van der Waals surface area (Å²) in [5.74, 6) is 2.16. The number of rotatable bonds is 5. The molecule has 0 saturated heterocycles. The van der Waals surface area contributed by atoms with Gasteiger partial charge in [0.15, 0.2) is 0 Å². The molecule has 0 aliphatic carbocycles. The highest BCUT2D eigenvalue weighted by Crippen LogP contribution is 2.13. The summed E-state index contributed by atoms with van der Waals surface area (Å²) in [6.07, 6.45) is 3.50. The molecule has 0 aliphatic rings. The second-order valence-corrected chi connectivity index (χ2v) is 2.97. The van der Waals surface area contributed by atoms with Crippen molar-refractivity contribution >= 4 is 23.2 Å². The van der Waals surface area contributed by atoms with Crippen LogP contribution in [0.25, 0.3) is 0 Å². The Labute approximate surface area is 67.5 Å². The Balaban J connectivity index is 3.18. The van der Waals surface area contributed by atoms with Crippen molar-refractivity contribution in [1.82, 2.24) is 0 Å². The third-order valence-electron chi connectivity index (χ3n) is 1.43. The van der Waals surface area contributed by atoms with Crippen molar-refractivity contribution in [3.63, 3.8) is 0 Å². The molecular weight excluding hydrogens is 155 g/mol. The molecule has 0 bridgehead atoms. The molecule has 0 heterocycles. The van der Waals surface area contributed by atoms with E-state index < -0.39 is 0 Å². The van der Waals surface area contributed by atoms with Gasteiger partial charge in [0, 0.05) is 11.8 Å². The van der Waals surface area contributed by atoms with Gasteiger partial charge in [-0.1, -0.05) is 13.3 Å². The summed E-state index contributed by atoms with van der Waals surface area (Å²) in [6, 6.07) is 0. The van der Waals surface area contributed by atoms with Gasteiger partial charge in [0.05, 0.1) is 0 Å². The molecule has 0 aromatic heterocycles. The van der Waals surface area contributed by atoms with Gasteiger partial charge in [-0.05, 0) is 18.8 Å². The highest BCUT2D eigenvalue weighted by atomic mass is 35.5. The van der Waals surface area contributed by atoms with Gasteiger partial charge in [0.25, 0.3) is 0 Å². The van der Waals surface area contributed by atoms with Crippen molar-refractivity contribution in [3.8, 4) is 0 Å². The first-order valence-electron chi connectivity index (χ1n) is 3.47. The minimum Gasteiger partial charge on any atom is -0.127 e. The normalized spacial score (nSPS) is 13.7. The topological polar surface area (TPSA) is 0 Å². The first-order valence-corrected chi connectivity index (χ1v) is 4.54.